The SMILES string of the molecule is CC1CC(C)CN(CCCCCCCCCS)C1. The molecule has 0 spiro atoms. The maximum Gasteiger partial charge on any atom is 0.000724 e. The Morgan fingerprint density at radius 2 is 1.33 bits per heavy atom. The van der Waals surface area contributed by atoms with Crippen molar-refractivity contribution in [2.45, 2.75) is 65.2 Å². The lowest BCUT2D eigenvalue weighted by Crippen LogP contribution is -2.39. The normalized spacial score (nSPS) is 25.5. The van der Waals surface area contributed by atoms with E-state index in [2.05, 4.69) is 31.4 Å². The summed E-state index contributed by atoms with van der Waals surface area (Å²) < 4.78 is 0. The minimum absolute atomic E-state index is 0.912. The fraction of sp³-hybridized carbons (Fsp3) is 1.00. The summed E-state index contributed by atoms with van der Waals surface area (Å²) in [6.07, 6.45) is 11.2. The molecule has 1 nitrogen and oxygen atoms in total. The first-order valence-electron chi connectivity index (χ1n) is 8.05. The van der Waals surface area contributed by atoms with Gasteiger partial charge in [0, 0.05) is 13.1 Å². The van der Waals surface area contributed by atoms with Crippen LogP contribution in [-0.4, -0.2) is 30.3 Å². The van der Waals surface area contributed by atoms with Gasteiger partial charge in [-0.05, 0) is 43.4 Å². The lowest BCUT2D eigenvalue weighted by molar-refractivity contribution is 0.138. The van der Waals surface area contributed by atoms with Crippen LogP contribution < -0.4 is 0 Å². The number of hydrogen-bond acceptors (Lipinski definition) is 2. The van der Waals surface area contributed by atoms with Crippen LogP contribution in [0.4, 0.5) is 0 Å². The molecule has 18 heavy (non-hydrogen) atoms. The molecule has 0 N–H and O–H groups in total. The van der Waals surface area contributed by atoms with Crippen molar-refractivity contribution in [3.05, 3.63) is 0 Å². The van der Waals surface area contributed by atoms with Crippen LogP contribution in [-0.2, 0) is 0 Å². The zero-order chi connectivity index (χ0) is 13.2. The van der Waals surface area contributed by atoms with Crippen LogP contribution in [0.3, 0.4) is 0 Å². The molecule has 1 aliphatic rings. The quantitative estimate of drug-likeness (QED) is 0.473. The van der Waals surface area contributed by atoms with E-state index in [0.717, 1.165) is 17.6 Å². The van der Waals surface area contributed by atoms with Crippen molar-refractivity contribution in [3.63, 3.8) is 0 Å². The summed E-state index contributed by atoms with van der Waals surface area (Å²) in [7, 11) is 0. The van der Waals surface area contributed by atoms with Gasteiger partial charge in [-0.1, -0.05) is 46.0 Å². The van der Waals surface area contributed by atoms with Gasteiger partial charge in [-0.15, -0.1) is 0 Å². The number of hydrogen-bond donors (Lipinski definition) is 1. The van der Waals surface area contributed by atoms with Gasteiger partial charge < -0.3 is 4.90 Å². The van der Waals surface area contributed by atoms with Gasteiger partial charge in [0.1, 0.15) is 0 Å². The standard InChI is InChI=1S/C16H33NS/c1-15-12-16(2)14-17(13-15)10-8-6-4-3-5-7-9-11-18/h15-16,18H,3-14H2,1-2H3. The van der Waals surface area contributed by atoms with Crippen LogP contribution in [0.5, 0.6) is 0 Å². The summed E-state index contributed by atoms with van der Waals surface area (Å²) in [5.41, 5.74) is 0. The molecule has 1 aliphatic heterocycles. The van der Waals surface area contributed by atoms with E-state index in [0.29, 0.717) is 0 Å². The molecule has 1 fully saturated rings. The number of likely N-dealkylation sites (tertiary alicyclic amines) is 1. The van der Waals surface area contributed by atoms with Crippen LogP contribution in [0.2, 0.25) is 0 Å². The summed E-state index contributed by atoms with van der Waals surface area (Å²) in [5.74, 6) is 2.88. The molecule has 2 unspecified atom stereocenters. The second kappa shape index (κ2) is 10.1. The van der Waals surface area contributed by atoms with E-state index < -0.39 is 0 Å². The highest BCUT2D eigenvalue weighted by molar-refractivity contribution is 7.80. The molecule has 0 bridgehead atoms. The molecular formula is C16H33NS. The molecule has 0 saturated carbocycles. The Hall–Kier alpha value is 0.310. The van der Waals surface area contributed by atoms with Crippen molar-refractivity contribution >= 4 is 12.6 Å². The molecule has 0 aromatic heterocycles. The van der Waals surface area contributed by atoms with E-state index >= 15 is 0 Å². The summed E-state index contributed by atoms with van der Waals surface area (Å²) in [6.45, 7) is 8.83. The van der Waals surface area contributed by atoms with Gasteiger partial charge in [0.25, 0.3) is 0 Å². The minimum atomic E-state index is 0.912. The van der Waals surface area contributed by atoms with Gasteiger partial charge in [0.2, 0.25) is 0 Å². The van der Waals surface area contributed by atoms with Gasteiger partial charge in [-0.3, -0.25) is 0 Å². The first-order valence-corrected chi connectivity index (χ1v) is 8.69. The highest BCUT2D eigenvalue weighted by atomic mass is 32.1. The molecule has 0 radical (unpaired) electrons. The lowest BCUT2D eigenvalue weighted by atomic mass is 9.92. The highest BCUT2D eigenvalue weighted by Crippen LogP contribution is 2.21. The second-order valence-electron chi connectivity index (χ2n) is 6.40. The van der Waals surface area contributed by atoms with E-state index in [1.807, 2.05) is 0 Å². The van der Waals surface area contributed by atoms with E-state index in [9.17, 15) is 0 Å². The van der Waals surface area contributed by atoms with Gasteiger partial charge in [0.15, 0.2) is 0 Å². The summed E-state index contributed by atoms with van der Waals surface area (Å²) in [5, 5.41) is 0. The molecule has 1 rings (SSSR count). The average Bonchev–Trinajstić information content (AvgIpc) is 2.31. The number of piperidine rings is 1. The summed E-state index contributed by atoms with van der Waals surface area (Å²) in [4.78, 5) is 2.69. The van der Waals surface area contributed by atoms with E-state index in [-0.39, 0.29) is 0 Å². The van der Waals surface area contributed by atoms with E-state index in [1.165, 1.54) is 71.0 Å². The zero-order valence-electron chi connectivity index (χ0n) is 12.5. The van der Waals surface area contributed by atoms with Gasteiger partial charge in [-0.25, -0.2) is 0 Å². The van der Waals surface area contributed by atoms with Crippen LogP contribution in [0, 0.1) is 11.8 Å². The molecule has 108 valence electrons. The number of unbranched alkanes of at least 4 members (excludes halogenated alkanes) is 6. The van der Waals surface area contributed by atoms with Crippen molar-refractivity contribution in [3.8, 4) is 0 Å². The Morgan fingerprint density at radius 3 is 1.89 bits per heavy atom. The predicted molar refractivity (Wildman–Crippen MR) is 85.6 cm³/mol. The number of thiol groups is 1. The molecular weight excluding hydrogens is 238 g/mol. The van der Waals surface area contributed by atoms with Crippen molar-refractivity contribution in [1.29, 1.82) is 0 Å². The third kappa shape index (κ3) is 7.68. The topological polar surface area (TPSA) is 3.24 Å². The lowest BCUT2D eigenvalue weighted by Gasteiger charge is -2.34. The molecule has 0 aliphatic carbocycles. The Balaban J connectivity index is 1.91. The molecule has 0 amide bonds. The Bertz CT molecular complexity index is 186. The summed E-state index contributed by atoms with van der Waals surface area (Å²) >= 11 is 4.25. The van der Waals surface area contributed by atoms with Gasteiger partial charge >= 0.3 is 0 Å². The fourth-order valence-corrected chi connectivity index (χ4v) is 3.53. The predicted octanol–water partition coefficient (Wildman–Crippen LogP) is 4.62. The first kappa shape index (κ1) is 16.4. The third-order valence-corrected chi connectivity index (χ3v) is 4.39. The van der Waals surface area contributed by atoms with Crippen LogP contribution in [0.1, 0.15) is 65.2 Å². The largest absolute Gasteiger partial charge is 0.303 e. The second-order valence-corrected chi connectivity index (χ2v) is 6.85. The maximum atomic E-state index is 4.25. The van der Waals surface area contributed by atoms with Crippen LogP contribution in [0.25, 0.3) is 0 Å². The molecule has 0 aromatic rings. The van der Waals surface area contributed by atoms with Crippen molar-refractivity contribution < 1.29 is 0 Å². The Kier molecular flexibility index (Phi) is 9.22. The third-order valence-electron chi connectivity index (χ3n) is 4.08. The molecule has 1 heterocycles. The number of nitrogens with zero attached hydrogens (tertiary/aromatic N) is 1. The molecule has 0 aromatic carbocycles. The van der Waals surface area contributed by atoms with Crippen LogP contribution in [0.15, 0.2) is 0 Å². The van der Waals surface area contributed by atoms with E-state index in [1.54, 1.807) is 0 Å². The summed E-state index contributed by atoms with van der Waals surface area (Å²) in [6, 6.07) is 0. The monoisotopic (exact) mass is 271 g/mol. The Morgan fingerprint density at radius 1 is 0.833 bits per heavy atom. The first-order chi connectivity index (χ1) is 8.72. The minimum Gasteiger partial charge on any atom is -0.303 e. The Labute approximate surface area is 120 Å². The average molecular weight is 272 g/mol. The van der Waals surface area contributed by atoms with Crippen molar-refractivity contribution in [2.75, 3.05) is 25.4 Å². The smallest absolute Gasteiger partial charge is 0.000724 e. The van der Waals surface area contributed by atoms with Gasteiger partial charge in [0.05, 0.1) is 0 Å². The number of rotatable bonds is 9. The molecule has 2 heteroatoms. The molecule has 1 saturated heterocycles. The van der Waals surface area contributed by atoms with Crippen LogP contribution >= 0.6 is 12.6 Å². The van der Waals surface area contributed by atoms with Gasteiger partial charge in [-0.2, -0.15) is 12.6 Å². The maximum absolute atomic E-state index is 4.25. The van der Waals surface area contributed by atoms with Crippen molar-refractivity contribution in [1.82, 2.24) is 4.90 Å². The van der Waals surface area contributed by atoms with Crippen molar-refractivity contribution in [2.24, 2.45) is 11.8 Å². The molecule has 2 atom stereocenters. The van der Waals surface area contributed by atoms with E-state index in [4.69, 9.17) is 0 Å². The zero-order valence-corrected chi connectivity index (χ0v) is 13.4. The highest BCUT2D eigenvalue weighted by Gasteiger charge is 2.20. The fourth-order valence-electron chi connectivity index (χ4n) is 3.31.